The Balaban J connectivity index is 1.53. The first-order valence-electron chi connectivity index (χ1n) is 8.91. The van der Waals surface area contributed by atoms with Gasteiger partial charge in [-0.3, -0.25) is 4.79 Å². The fourth-order valence-electron chi connectivity index (χ4n) is 2.92. The van der Waals surface area contributed by atoms with Gasteiger partial charge < -0.3 is 14.1 Å². The Bertz CT molecular complexity index is 694. The molecule has 0 radical (unpaired) electrons. The molecule has 1 atom stereocenters. The summed E-state index contributed by atoms with van der Waals surface area (Å²) in [6, 6.07) is 1.97. The third-order valence-electron chi connectivity index (χ3n) is 4.53. The number of aromatic nitrogens is 1. The molecule has 1 amide bonds. The Morgan fingerprint density at radius 3 is 3.08 bits per heavy atom. The zero-order valence-corrected chi connectivity index (χ0v) is 16.0. The van der Waals surface area contributed by atoms with E-state index in [9.17, 15) is 4.79 Å². The van der Waals surface area contributed by atoms with Crippen molar-refractivity contribution < 1.29 is 13.9 Å². The predicted octanol–water partition coefficient (Wildman–Crippen LogP) is 3.92. The normalized spacial score (nSPS) is 17.6. The Morgan fingerprint density at radius 1 is 1.52 bits per heavy atom. The van der Waals surface area contributed by atoms with Crippen molar-refractivity contribution in [1.82, 2.24) is 9.88 Å². The number of carbonyl (C=O) groups is 1. The maximum Gasteiger partial charge on any atom is 0.228 e. The molecule has 25 heavy (non-hydrogen) atoms. The summed E-state index contributed by atoms with van der Waals surface area (Å²) >= 11 is 1.60. The third-order valence-corrected chi connectivity index (χ3v) is 5.21. The fraction of sp³-hybridized carbons (Fsp3) is 0.579. The van der Waals surface area contributed by atoms with Crippen molar-refractivity contribution >= 4 is 17.2 Å². The molecular formula is C19H26N2O3S. The largest absolute Gasteiger partial charge is 0.441 e. The molecule has 1 aliphatic rings. The van der Waals surface area contributed by atoms with E-state index in [1.165, 1.54) is 0 Å². The highest BCUT2D eigenvalue weighted by atomic mass is 32.1. The van der Waals surface area contributed by atoms with Crippen LogP contribution in [0.4, 0.5) is 0 Å². The van der Waals surface area contributed by atoms with Crippen LogP contribution in [0.15, 0.2) is 21.2 Å². The van der Waals surface area contributed by atoms with Gasteiger partial charge in [-0.15, -0.1) is 0 Å². The molecule has 6 heteroatoms. The van der Waals surface area contributed by atoms with Gasteiger partial charge in [0, 0.05) is 30.6 Å². The van der Waals surface area contributed by atoms with Crippen molar-refractivity contribution in [1.29, 1.82) is 0 Å². The molecule has 0 spiro atoms. The molecule has 2 aromatic heterocycles. The Hall–Kier alpha value is -1.66. The number of carbonyl (C=O) groups excluding carboxylic acids is 1. The first kappa shape index (κ1) is 18.1. The van der Waals surface area contributed by atoms with Crippen LogP contribution < -0.4 is 0 Å². The zero-order chi connectivity index (χ0) is 17.8. The summed E-state index contributed by atoms with van der Waals surface area (Å²) in [5.41, 5.74) is 1.70. The number of hydrogen-bond acceptors (Lipinski definition) is 5. The lowest BCUT2D eigenvalue weighted by Crippen LogP contribution is -2.31. The second-order valence-corrected chi connectivity index (χ2v) is 7.79. The maximum absolute atomic E-state index is 12.6. The molecule has 1 saturated heterocycles. The Kier molecular flexibility index (Phi) is 5.91. The highest BCUT2D eigenvalue weighted by Gasteiger charge is 2.28. The SMILES string of the molecule is Cc1oc(-c2ccsc2)nc1CC(=O)N1CC[C@H](OCCC(C)C)C1. The van der Waals surface area contributed by atoms with Crippen LogP contribution in [0.25, 0.3) is 11.5 Å². The maximum atomic E-state index is 12.6. The van der Waals surface area contributed by atoms with Crippen molar-refractivity contribution in [2.45, 2.75) is 46.1 Å². The van der Waals surface area contributed by atoms with Gasteiger partial charge in [0.2, 0.25) is 11.8 Å². The van der Waals surface area contributed by atoms with Crippen LogP contribution in [0.1, 0.15) is 38.1 Å². The predicted molar refractivity (Wildman–Crippen MR) is 98.6 cm³/mol. The topological polar surface area (TPSA) is 55.6 Å². The molecule has 1 aliphatic heterocycles. The number of ether oxygens (including phenoxy) is 1. The van der Waals surface area contributed by atoms with Crippen molar-refractivity contribution in [3.05, 3.63) is 28.3 Å². The molecule has 3 rings (SSSR count). The summed E-state index contributed by atoms with van der Waals surface area (Å²) in [5, 5.41) is 3.99. The standard InChI is InChI=1S/C19H26N2O3S/c1-13(2)5-8-23-16-4-7-21(11-16)18(22)10-17-14(3)24-19(20-17)15-6-9-25-12-15/h6,9,12-13,16H,4-5,7-8,10-11H2,1-3H3/t16-/m0/s1. The molecular weight excluding hydrogens is 336 g/mol. The summed E-state index contributed by atoms with van der Waals surface area (Å²) in [5.74, 6) is 2.06. The van der Waals surface area contributed by atoms with Crippen LogP contribution in [0.3, 0.4) is 0 Å². The van der Waals surface area contributed by atoms with Gasteiger partial charge in [-0.2, -0.15) is 11.3 Å². The average Bonchev–Trinajstić information content (AvgIpc) is 3.28. The number of hydrogen-bond donors (Lipinski definition) is 0. The number of oxazole rings is 1. The van der Waals surface area contributed by atoms with Crippen LogP contribution in [0, 0.1) is 12.8 Å². The lowest BCUT2D eigenvalue weighted by atomic mass is 10.1. The lowest BCUT2D eigenvalue weighted by molar-refractivity contribution is -0.130. The molecule has 136 valence electrons. The van der Waals surface area contributed by atoms with E-state index in [2.05, 4.69) is 18.8 Å². The van der Waals surface area contributed by atoms with E-state index in [-0.39, 0.29) is 18.4 Å². The minimum absolute atomic E-state index is 0.100. The minimum Gasteiger partial charge on any atom is -0.441 e. The van der Waals surface area contributed by atoms with Crippen LogP contribution in [0.5, 0.6) is 0 Å². The fourth-order valence-corrected chi connectivity index (χ4v) is 3.55. The van der Waals surface area contributed by atoms with Crippen molar-refractivity contribution in [2.24, 2.45) is 5.92 Å². The van der Waals surface area contributed by atoms with E-state index >= 15 is 0 Å². The van der Waals surface area contributed by atoms with E-state index < -0.39 is 0 Å². The van der Waals surface area contributed by atoms with Crippen LogP contribution in [-0.4, -0.2) is 41.6 Å². The number of likely N-dealkylation sites (tertiary alicyclic amines) is 1. The molecule has 0 bridgehead atoms. The van der Waals surface area contributed by atoms with Gasteiger partial charge in [-0.05, 0) is 37.1 Å². The lowest BCUT2D eigenvalue weighted by Gasteiger charge is -2.16. The Labute approximate surface area is 153 Å². The summed E-state index contributed by atoms with van der Waals surface area (Å²) < 4.78 is 11.6. The van der Waals surface area contributed by atoms with Crippen molar-refractivity contribution in [3.8, 4) is 11.5 Å². The molecule has 0 aliphatic carbocycles. The molecule has 0 N–H and O–H groups in total. The molecule has 2 aromatic rings. The summed E-state index contributed by atoms with van der Waals surface area (Å²) in [4.78, 5) is 19.0. The summed E-state index contributed by atoms with van der Waals surface area (Å²) in [6.07, 6.45) is 2.44. The van der Waals surface area contributed by atoms with Crippen molar-refractivity contribution in [2.75, 3.05) is 19.7 Å². The van der Waals surface area contributed by atoms with Gasteiger partial charge in [-0.25, -0.2) is 4.98 Å². The van der Waals surface area contributed by atoms with E-state index in [0.29, 0.717) is 18.4 Å². The zero-order valence-electron chi connectivity index (χ0n) is 15.2. The van der Waals surface area contributed by atoms with Gasteiger partial charge in [0.1, 0.15) is 5.76 Å². The number of thiophene rings is 1. The second kappa shape index (κ2) is 8.15. The van der Waals surface area contributed by atoms with E-state index in [0.717, 1.165) is 43.0 Å². The first-order valence-corrected chi connectivity index (χ1v) is 9.85. The molecule has 3 heterocycles. The van der Waals surface area contributed by atoms with E-state index in [4.69, 9.17) is 9.15 Å². The summed E-state index contributed by atoms with van der Waals surface area (Å²) in [7, 11) is 0. The summed E-state index contributed by atoms with van der Waals surface area (Å²) in [6.45, 7) is 8.48. The van der Waals surface area contributed by atoms with Crippen LogP contribution in [-0.2, 0) is 16.0 Å². The quantitative estimate of drug-likeness (QED) is 0.749. The Morgan fingerprint density at radius 2 is 2.36 bits per heavy atom. The third kappa shape index (κ3) is 4.70. The number of nitrogens with zero attached hydrogens (tertiary/aromatic N) is 2. The van der Waals surface area contributed by atoms with Crippen LogP contribution in [0.2, 0.25) is 0 Å². The molecule has 0 unspecified atom stereocenters. The van der Waals surface area contributed by atoms with Gasteiger partial charge in [0.15, 0.2) is 0 Å². The van der Waals surface area contributed by atoms with Gasteiger partial charge in [0.25, 0.3) is 0 Å². The smallest absolute Gasteiger partial charge is 0.228 e. The first-order chi connectivity index (χ1) is 12.0. The molecule has 1 fully saturated rings. The molecule has 0 saturated carbocycles. The number of aryl methyl sites for hydroxylation is 1. The average molecular weight is 362 g/mol. The monoisotopic (exact) mass is 362 g/mol. The second-order valence-electron chi connectivity index (χ2n) is 7.01. The van der Waals surface area contributed by atoms with Gasteiger partial charge in [-0.1, -0.05) is 13.8 Å². The molecule has 5 nitrogen and oxygen atoms in total. The van der Waals surface area contributed by atoms with Crippen molar-refractivity contribution in [3.63, 3.8) is 0 Å². The van der Waals surface area contributed by atoms with Gasteiger partial charge in [0.05, 0.1) is 18.2 Å². The highest BCUT2D eigenvalue weighted by Crippen LogP contribution is 2.24. The minimum atomic E-state index is 0.100. The van der Waals surface area contributed by atoms with E-state index in [1.54, 1.807) is 11.3 Å². The molecule has 0 aromatic carbocycles. The van der Waals surface area contributed by atoms with Gasteiger partial charge >= 0.3 is 0 Å². The van der Waals surface area contributed by atoms with E-state index in [1.807, 2.05) is 28.7 Å². The van der Waals surface area contributed by atoms with Crippen LogP contribution >= 0.6 is 11.3 Å². The number of rotatable bonds is 7. The highest BCUT2D eigenvalue weighted by molar-refractivity contribution is 7.08. The number of amides is 1.